The van der Waals surface area contributed by atoms with E-state index in [2.05, 4.69) is 17.0 Å². The second kappa shape index (κ2) is 8.53. The van der Waals surface area contributed by atoms with Gasteiger partial charge in [-0.2, -0.15) is 0 Å². The second-order valence-electron chi connectivity index (χ2n) is 7.51. The Kier molecular flexibility index (Phi) is 6.11. The number of hydrogen-bond donors (Lipinski definition) is 0. The van der Waals surface area contributed by atoms with Gasteiger partial charge in [-0.25, -0.2) is 0 Å². The number of anilines is 1. The highest BCUT2D eigenvalue weighted by Gasteiger charge is 2.26. The Labute approximate surface area is 162 Å². The normalized spacial score (nSPS) is 17.0. The zero-order valence-corrected chi connectivity index (χ0v) is 16.7. The van der Waals surface area contributed by atoms with Crippen molar-refractivity contribution in [3.8, 4) is 0 Å². The van der Waals surface area contributed by atoms with Crippen molar-refractivity contribution in [1.29, 1.82) is 0 Å². The highest BCUT2D eigenvalue weighted by atomic mass is 16.5. The van der Waals surface area contributed by atoms with Crippen LogP contribution in [-0.4, -0.2) is 50.1 Å². The zero-order chi connectivity index (χ0) is 19.4. The van der Waals surface area contributed by atoms with Gasteiger partial charge in [0.1, 0.15) is 0 Å². The van der Waals surface area contributed by atoms with E-state index in [1.165, 1.54) is 0 Å². The SMILES string of the molecule is COCc1ccc(C(=O)N2CCC[C@H](c3cc(N(C)C)cc(C)n3)C2)cc1. The number of benzene rings is 1. The molecular weight excluding hydrogens is 338 g/mol. The molecule has 1 aliphatic heterocycles. The number of aryl methyl sites for hydroxylation is 1. The number of amides is 1. The summed E-state index contributed by atoms with van der Waals surface area (Å²) in [6.45, 7) is 4.13. The summed E-state index contributed by atoms with van der Waals surface area (Å²) < 4.78 is 5.14. The quantitative estimate of drug-likeness (QED) is 0.810. The number of pyridine rings is 1. The van der Waals surface area contributed by atoms with Gasteiger partial charge >= 0.3 is 0 Å². The monoisotopic (exact) mass is 367 g/mol. The Morgan fingerprint density at radius 1 is 1.26 bits per heavy atom. The summed E-state index contributed by atoms with van der Waals surface area (Å²) in [5.74, 6) is 0.387. The molecule has 3 rings (SSSR count). The summed E-state index contributed by atoms with van der Waals surface area (Å²) in [7, 11) is 5.76. The fourth-order valence-electron chi connectivity index (χ4n) is 3.64. The number of piperidine rings is 1. The summed E-state index contributed by atoms with van der Waals surface area (Å²) in [4.78, 5) is 21.8. The van der Waals surface area contributed by atoms with Gasteiger partial charge in [0.15, 0.2) is 0 Å². The number of carbonyl (C=O) groups is 1. The number of rotatable bonds is 5. The topological polar surface area (TPSA) is 45.7 Å². The van der Waals surface area contributed by atoms with Crippen LogP contribution in [0.2, 0.25) is 0 Å². The number of carbonyl (C=O) groups excluding carboxylic acids is 1. The predicted molar refractivity (Wildman–Crippen MR) is 108 cm³/mol. The van der Waals surface area contributed by atoms with Gasteiger partial charge in [0.25, 0.3) is 5.91 Å². The number of likely N-dealkylation sites (tertiary alicyclic amines) is 1. The van der Waals surface area contributed by atoms with Crippen LogP contribution in [0.25, 0.3) is 0 Å². The van der Waals surface area contributed by atoms with Gasteiger partial charge in [0.2, 0.25) is 0 Å². The Bertz CT molecular complexity index is 787. The lowest BCUT2D eigenvalue weighted by Gasteiger charge is -2.33. The van der Waals surface area contributed by atoms with Gasteiger partial charge < -0.3 is 14.5 Å². The van der Waals surface area contributed by atoms with Crippen molar-refractivity contribution >= 4 is 11.6 Å². The standard InChI is InChI=1S/C22H29N3O2/c1-16-12-20(24(2)3)13-21(23-16)19-6-5-11-25(14-19)22(26)18-9-7-17(8-10-18)15-27-4/h7-10,12-13,19H,5-6,11,14-15H2,1-4H3/t19-/m0/s1. The van der Waals surface area contributed by atoms with Gasteiger partial charge in [-0.3, -0.25) is 9.78 Å². The zero-order valence-electron chi connectivity index (χ0n) is 16.7. The van der Waals surface area contributed by atoms with E-state index in [0.29, 0.717) is 6.61 Å². The summed E-state index contributed by atoms with van der Waals surface area (Å²) in [5.41, 5.74) is 5.09. The van der Waals surface area contributed by atoms with Crippen molar-refractivity contribution in [3.63, 3.8) is 0 Å². The van der Waals surface area contributed by atoms with Crippen molar-refractivity contribution in [3.05, 3.63) is 58.9 Å². The highest BCUT2D eigenvalue weighted by Crippen LogP contribution is 2.29. The molecule has 1 atom stereocenters. The molecule has 1 fully saturated rings. The molecule has 1 aromatic carbocycles. The molecule has 2 heterocycles. The van der Waals surface area contributed by atoms with E-state index in [-0.39, 0.29) is 11.8 Å². The number of aromatic nitrogens is 1. The molecule has 144 valence electrons. The molecule has 5 nitrogen and oxygen atoms in total. The molecule has 1 aliphatic rings. The largest absolute Gasteiger partial charge is 0.380 e. The smallest absolute Gasteiger partial charge is 0.253 e. The molecule has 0 bridgehead atoms. The van der Waals surface area contributed by atoms with Crippen LogP contribution in [0.5, 0.6) is 0 Å². The average molecular weight is 367 g/mol. The Hall–Kier alpha value is -2.40. The lowest BCUT2D eigenvalue weighted by atomic mass is 9.93. The van der Waals surface area contributed by atoms with Crippen LogP contribution in [0.3, 0.4) is 0 Å². The van der Waals surface area contributed by atoms with Crippen LogP contribution in [0, 0.1) is 6.92 Å². The minimum atomic E-state index is 0.101. The molecule has 2 aromatic rings. The summed E-state index contributed by atoms with van der Waals surface area (Å²) in [6.07, 6.45) is 2.07. The van der Waals surface area contributed by atoms with E-state index in [1.807, 2.05) is 50.2 Å². The van der Waals surface area contributed by atoms with Crippen LogP contribution in [0.4, 0.5) is 5.69 Å². The molecule has 1 saturated heterocycles. The Morgan fingerprint density at radius 3 is 2.67 bits per heavy atom. The highest BCUT2D eigenvalue weighted by molar-refractivity contribution is 5.94. The molecule has 0 aliphatic carbocycles. The first-order valence-corrected chi connectivity index (χ1v) is 9.51. The minimum absolute atomic E-state index is 0.101. The van der Waals surface area contributed by atoms with Crippen molar-refractivity contribution in [2.75, 3.05) is 39.2 Å². The maximum atomic E-state index is 13.0. The first kappa shape index (κ1) is 19.4. The average Bonchev–Trinajstić information content (AvgIpc) is 2.68. The van der Waals surface area contributed by atoms with Gasteiger partial charge in [-0.1, -0.05) is 12.1 Å². The van der Waals surface area contributed by atoms with Gasteiger partial charge in [-0.15, -0.1) is 0 Å². The first-order valence-electron chi connectivity index (χ1n) is 9.51. The maximum absolute atomic E-state index is 13.0. The molecule has 5 heteroatoms. The van der Waals surface area contributed by atoms with E-state index >= 15 is 0 Å². The number of hydrogen-bond acceptors (Lipinski definition) is 4. The minimum Gasteiger partial charge on any atom is -0.380 e. The molecule has 27 heavy (non-hydrogen) atoms. The summed E-state index contributed by atoms with van der Waals surface area (Å²) >= 11 is 0. The van der Waals surface area contributed by atoms with E-state index in [9.17, 15) is 4.79 Å². The number of methoxy groups -OCH3 is 1. The van der Waals surface area contributed by atoms with Crippen LogP contribution < -0.4 is 4.90 Å². The predicted octanol–water partition coefficient (Wildman–Crippen LogP) is 3.62. The van der Waals surface area contributed by atoms with Crippen LogP contribution in [0.1, 0.15) is 46.1 Å². The molecule has 1 aromatic heterocycles. The lowest BCUT2D eigenvalue weighted by molar-refractivity contribution is 0.0706. The summed E-state index contributed by atoms with van der Waals surface area (Å²) in [5, 5.41) is 0. The van der Waals surface area contributed by atoms with Crippen molar-refractivity contribution < 1.29 is 9.53 Å². The third kappa shape index (κ3) is 4.66. The van der Waals surface area contributed by atoms with Gasteiger partial charge in [-0.05, 0) is 49.6 Å². The Balaban J connectivity index is 1.75. The molecule has 0 spiro atoms. The maximum Gasteiger partial charge on any atom is 0.253 e. The second-order valence-corrected chi connectivity index (χ2v) is 7.51. The van der Waals surface area contributed by atoms with Crippen molar-refractivity contribution in [2.45, 2.75) is 32.3 Å². The van der Waals surface area contributed by atoms with Gasteiger partial charge in [0.05, 0.1) is 6.61 Å². The number of ether oxygens (including phenoxy) is 1. The molecule has 0 radical (unpaired) electrons. The third-order valence-electron chi connectivity index (χ3n) is 5.11. The van der Waals surface area contributed by atoms with E-state index < -0.39 is 0 Å². The van der Waals surface area contributed by atoms with E-state index in [4.69, 9.17) is 9.72 Å². The molecule has 0 N–H and O–H groups in total. The Morgan fingerprint density at radius 2 is 2.00 bits per heavy atom. The van der Waals surface area contributed by atoms with Crippen LogP contribution >= 0.6 is 0 Å². The van der Waals surface area contributed by atoms with Crippen LogP contribution in [0.15, 0.2) is 36.4 Å². The molecular formula is C22H29N3O2. The molecule has 0 saturated carbocycles. The first-order chi connectivity index (χ1) is 13.0. The third-order valence-corrected chi connectivity index (χ3v) is 5.11. The fourth-order valence-corrected chi connectivity index (χ4v) is 3.64. The molecule has 0 unspecified atom stereocenters. The summed E-state index contributed by atoms with van der Waals surface area (Å²) in [6, 6.07) is 12.0. The van der Waals surface area contributed by atoms with E-state index in [0.717, 1.165) is 54.1 Å². The van der Waals surface area contributed by atoms with Crippen molar-refractivity contribution in [1.82, 2.24) is 9.88 Å². The lowest BCUT2D eigenvalue weighted by Crippen LogP contribution is -2.39. The number of nitrogens with zero attached hydrogens (tertiary/aromatic N) is 3. The van der Waals surface area contributed by atoms with E-state index in [1.54, 1.807) is 7.11 Å². The fraction of sp³-hybridized carbons (Fsp3) is 0.455. The van der Waals surface area contributed by atoms with Crippen LogP contribution in [-0.2, 0) is 11.3 Å². The molecule has 1 amide bonds. The van der Waals surface area contributed by atoms with Crippen molar-refractivity contribution in [2.24, 2.45) is 0 Å². The van der Waals surface area contributed by atoms with Gasteiger partial charge in [0, 0.05) is 62.9 Å².